The number of Topliss-reactive ketones (excluding diaryl/α,β-unsaturated/α-hetero) is 1. The molecule has 1 fully saturated rings. The van der Waals surface area contributed by atoms with Gasteiger partial charge in [0.15, 0.2) is 5.78 Å². The number of ether oxygens (including phenoxy) is 1. The van der Waals surface area contributed by atoms with Crippen molar-refractivity contribution in [3.8, 4) is 0 Å². The molecule has 0 bridgehead atoms. The topological polar surface area (TPSA) is 151 Å². The van der Waals surface area contributed by atoms with E-state index in [1.165, 1.54) is 25.9 Å². The standard InChI is InChI=1S/C23H37ClN4O7/c1-13(2)11-16(18(29)12-24)27-22(33)17-7-6-10-28(17)23(34)15(4)26-21(32)14(3)25-19(30)8-9-20(31)35-5/h13-17H,6-12H2,1-5H3,(H,25,30)(H,26,32)(H,27,33)/t14-,15-,16-,17-/m0/s1. The molecular formula is C23H37ClN4O7. The zero-order chi connectivity index (χ0) is 26.7. The second-order valence-corrected chi connectivity index (χ2v) is 9.34. The fourth-order valence-corrected chi connectivity index (χ4v) is 3.94. The number of amides is 4. The van der Waals surface area contributed by atoms with Crippen LogP contribution < -0.4 is 16.0 Å². The summed E-state index contributed by atoms with van der Waals surface area (Å²) in [5.74, 6) is -2.83. The molecule has 1 aliphatic rings. The number of hydrogen-bond donors (Lipinski definition) is 3. The predicted octanol–water partition coefficient (Wildman–Crippen LogP) is 0.279. The van der Waals surface area contributed by atoms with Crippen LogP contribution in [-0.4, -0.2) is 84.0 Å². The molecule has 35 heavy (non-hydrogen) atoms. The predicted molar refractivity (Wildman–Crippen MR) is 128 cm³/mol. The summed E-state index contributed by atoms with van der Waals surface area (Å²) in [6.07, 6.45) is 1.24. The average Bonchev–Trinajstić information content (AvgIpc) is 3.30. The van der Waals surface area contributed by atoms with Gasteiger partial charge in [-0.2, -0.15) is 0 Å². The van der Waals surface area contributed by atoms with Gasteiger partial charge in [-0.15, -0.1) is 11.6 Å². The van der Waals surface area contributed by atoms with Crippen molar-refractivity contribution in [1.82, 2.24) is 20.9 Å². The molecule has 1 saturated heterocycles. The Morgan fingerprint density at radius 1 is 0.971 bits per heavy atom. The van der Waals surface area contributed by atoms with Gasteiger partial charge in [-0.1, -0.05) is 13.8 Å². The van der Waals surface area contributed by atoms with Crippen LogP contribution in [0.1, 0.15) is 59.8 Å². The molecule has 0 spiro atoms. The van der Waals surface area contributed by atoms with Gasteiger partial charge >= 0.3 is 5.97 Å². The van der Waals surface area contributed by atoms with Crippen LogP contribution in [0.25, 0.3) is 0 Å². The Bertz CT molecular complexity index is 805. The van der Waals surface area contributed by atoms with Crippen LogP contribution in [0.5, 0.6) is 0 Å². The van der Waals surface area contributed by atoms with Crippen molar-refractivity contribution >= 4 is 47.0 Å². The second-order valence-electron chi connectivity index (χ2n) is 9.08. The summed E-state index contributed by atoms with van der Waals surface area (Å²) < 4.78 is 4.47. The van der Waals surface area contributed by atoms with Crippen LogP contribution in [0, 0.1) is 5.92 Å². The number of methoxy groups -OCH3 is 1. The van der Waals surface area contributed by atoms with Crippen LogP contribution in [-0.2, 0) is 33.5 Å². The lowest BCUT2D eigenvalue weighted by molar-refractivity contribution is -0.142. The van der Waals surface area contributed by atoms with Gasteiger partial charge in [0, 0.05) is 13.0 Å². The number of hydrogen-bond acceptors (Lipinski definition) is 7. The van der Waals surface area contributed by atoms with Gasteiger partial charge in [-0.3, -0.25) is 28.8 Å². The molecule has 0 aromatic rings. The minimum atomic E-state index is -0.943. The van der Waals surface area contributed by atoms with Crippen molar-refractivity contribution in [2.45, 2.75) is 84.0 Å². The maximum Gasteiger partial charge on any atom is 0.306 e. The van der Waals surface area contributed by atoms with E-state index < -0.39 is 53.8 Å². The van der Waals surface area contributed by atoms with E-state index in [-0.39, 0.29) is 30.4 Å². The number of esters is 1. The normalized spacial score (nSPS) is 17.8. The van der Waals surface area contributed by atoms with Crippen LogP contribution in [0.2, 0.25) is 0 Å². The summed E-state index contributed by atoms with van der Waals surface area (Å²) in [6.45, 7) is 7.16. The minimum absolute atomic E-state index is 0.113. The summed E-state index contributed by atoms with van der Waals surface area (Å²) in [5.41, 5.74) is 0. The van der Waals surface area contributed by atoms with Crippen LogP contribution in [0.3, 0.4) is 0 Å². The Morgan fingerprint density at radius 3 is 2.20 bits per heavy atom. The van der Waals surface area contributed by atoms with Gasteiger partial charge in [0.25, 0.3) is 0 Å². The van der Waals surface area contributed by atoms with Gasteiger partial charge in [0.2, 0.25) is 23.6 Å². The SMILES string of the molecule is COC(=O)CCC(=O)N[C@@H](C)C(=O)N[C@@H](C)C(=O)N1CCC[C@H]1C(=O)N[C@@H](CC(C)C)C(=O)CCl. The molecule has 1 heterocycles. The van der Waals surface area contributed by atoms with Crippen molar-refractivity contribution in [2.24, 2.45) is 5.92 Å². The number of alkyl halides is 1. The van der Waals surface area contributed by atoms with Gasteiger partial charge in [0.1, 0.15) is 18.1 Å². The van der Waals surface area contributed by atoms with Gasteiger partial charge < -0.3 is 25.6 Å². The van der Waals surface area contributed by atoms with Crippen molar-refractivity contribution < 1.29 is 33.5 Å². The van der Waals surface area contributed by atoms with Crippen LogP contribution >= 0.6 is 11.6 Å². The molecule has 3 N–H and O–H groups in total. The number of carbonyl (C=O) groups is 6. The zero-order valence-electron chi connectivity index (χ0n) is 21.0. The number of rotatable bonds is 13. The summed E-state index contributed by atoms with van der Waals surface area (Å²) in [6, 6.07) is -3.36. The highest BCUT2D eigenvalue weighted by Crippen LogP contribution is 2.19. The highest BCUT2D eigenvalue weighted by molar-refractivity contribution is 6.28. The first-order valence-corrected chi connectivity index (χ1v) is 12.3. The van der Waals surface area contributed by atoms with Crippen LogP contribution in [0.15, 0.2) is 0 Å². The lowest BCUT2D eigenvalue weighted by Gasteiger charge is -2.29. The molecule has 1 aliphatic heterocycles. The zero-order valence-corrected chi connectivity index (χ0v) is 21.8. The quantitative estimate of drug-likeness (QED) is 0.235. The fraction of sp³-hybridized carbons (Fsp3) is 0.739. The molecule has 198 valence electrons. The van der Waals surface area contributed by atoms with E-state index >= 15 is 0 Å². The van der Waals surface area contributed by atoms with Crippen molar-refractivity contribution in [2.75, 3.05) is 19.5 Å². The number of likely N-dealkylation sites (tertiary alicyclic amines) is 1. The Morgan fingerprint density at radius 2 is 1.63 bits per heavy atom. The first kappa shape index (κ1) is 30.3. The average molecular weight is 517 g/mol. The maximum atomic E-state index is 13.0. The van der Waals surface area contributed by atoms with E-state index in [1.54, 1.807) is 0 Å². The maximum absolute atomic E-state index is 13.0. The highest BCUT2D eigenvalue weighted by Gasteiger charge is 2.38. The van der Waals surface area contributed by atoms with E-state index in [9.17, 15) is 28.8 Å². The number of halogens is 1. The number of ketones is 1. The molecule has 0 aromatic heterocycles. The first-order chi connectivity index (χ1) is 16.4. The fourth-order valence-electron chi connectivity index (χ4n) is 3.75. The summed E-state index contributed by atoms with van der Waals surface area (Å²) in [5, 5.41) is 7.75. The Kier molecular flexibility index (Phi) is 12.7. The molecule has 1 rings (SSSR count). The van der Waals surface area contributed by atoms with Gasteiger partial charge in [-0.05, 0) is 39.0 Å². The minimum Gasteiger partial charge on any atom is -0.469 e. The van der Waals surface area contributed by atoms with Crippen molar-refractivity contribution in [3.05, 3.63) is 0 Å². The first-order valence-electron chi connectivity index (χ1n) is 11.8. The molecule has 0 saturated carbocycles. The molecule has 4 atom stereocenters. The van der Waals surface area contributed by atoms with E-state index in [4.69, 9.17) is 11.6 Å². The monoisotopic (exact) mass is 516 g/mol. The van der Waals surface area contributed by atoms with Crippen LogP contribution in [0.4, 0.5) is 0 Å². The summed E-state index contributed by atoms with van der Waals surface area (Å²) in [7, 11) is 1.21. The molecule has 12 heteroatoms. The third-order valence-corrected chi connectivity index (χ3v) is 5.93. The molecular weight excluding hydrogens is 480 g/mol. The largest absolute Gasteiger partial charge is 0.469 e. The number of nitrogens with zero attached hydrogens (tertiary/aromatic N) is 1. The third kappa shape index (κ3) is 9.83. The van der Waals surface area contributed by atoms with E-state index in [1.807, 2.05) is 13.8 Å². The Balaban J connectivity index is 2.69. The molecule has 0 aromatic carbocycles. The molecule has 0 unspecified atom stereocenters. The molecule has 11 nitrogen and oxygen atoms in total. The van der Waals surface area contributed by atoms with E-state index in [0.29, 0.717) is 25.8 Å². The van der Waals surface area contributed by atoms with Gasteiger partial charge in [0.05, 0.1) is 25.5 Å². The third-order valence-electron chi connectivity index (χ3n) is 5.67. The van der Waals surface area contributed by atoms with Gasteiger partial charge in [-0.25, -0.2) is 0 Å². The molecule has 4 amide bonds. The molecule has 0 radical (unpaired) electrons. The van der Waals surface area contributed by atoms with Crippen molar-refractivity contribution in [3.63, 3.8) is 0 Å². The van der Waals surface area contributed by atoms with E-state index in [0.717, 1.165) is 0 Å². The highest BCUT2D eigenvalue weighted by atomic mass is 35.5. The lowest BCUT2D eigenvalue weighted by atomic mass is 10.0. The van der Waals surface area contributed by atoms with E-state index in [2.05, 4.69) is 20.7 Å². The van der Waals surface area contributed by atoms with Crippen molar-refractivity contribution in [1.29, 1.82) is 0 Å². The number of carbonyl (C=O) groups excluding carboxylic acids is 6. The Labute approximate surface area is 211 Å². The number of nitrogens with one attached hydrogen (secondary N) is 3. The Hall–Kier alpha value is -2.69. The summed E-state index contributed by atoms with van der Waals surface area (Å²) >= 11 is 5.69. The second kappa shape index (κ2) is 14.7. The smallest absolute Gasteiger partial charge is 0.306 e. The summed E-state index contributed by atoms with van der Waals surface area (Å²) in [4.78, 5) is 75.0. The lowest BCUT2D eigenvalue weighted by Crippen LogP contribution is -2.56. The molecule has 0 aliphatic carbocycles.